The van der Waals surface area contributed by atoms with Crippen LogP contribution in [0.4, 0.5) is 10.9 Å². The van der Waals surface area contributed by atoms with Gasteiger partial charge in [-0.25, -0.2) is 4.98 Å². The number of aryl methyl sites for hydroxylation is 1. The number of nitrogens with zero attached hydrogens (tertiary/aromatic N) is 5. The number of amides is 1. The molecule has 0 saturated carbocycles. The largest absolute Gasteiger partial charge is 0.470 e. The first kappa shape index (κ1) is 22.7. The van der Waals surface area contributed by atoms with Crippen molar-refractivity contribution in [1.82, 2.24) is 29.6 Å². The highest BCUT2D eigenvalue weighted by molar-refractivity contribution is 7.14. The minimum Gasteiger partial charge on any atom is -0.470 e. The maximum absolute atomic E-state index is 12.6. The van der Waals surface area contributed by atoms with E-state index in [1.165, 1.54) is 11.3 Å². The number of anilines is 2. The number of carbonyl (C=O) groups is 1. The van der Waals surface area contributed by atoms with Gasteiger partial charge in [0.1, 0.15) is 11.6 Å². The fourth-order valence-electron chi connectivity index (χ4n) is 3.98. The van der Waals surface area contributed by atoms with E-state index in [0.29, 0.717) is 37.2 Å². The summed E-state index contributed by atoms with van der Waals surface area (Å²) in [6.45, 7) is 1.70. The lowest BCUT2D eigenvalue weighted by molar-refractivity contribution is 0.0952. The van der Waals surface area contributed by atoms with Crippen LogP contribution in [0.2, 0.25) is 0 Å². The van der Waals surface area contributed by atoms with Crippen LogP contribution in [0.3, 0.4) is 0 Å². The van der Waals surface area contributed by atoms with Crippen LogP contribution < -0.4 is 15.4 Å². The van der Waals surface area contributed by atoms with Crippen molar-refractivity contribution >= 4 is 50.6 Å². The first-order chi connectivity index (χ1) is 17.6. The second-order valence-corrected chi connectivity index (χ2v) is 10.3. The van der Waals surface area contributed by atoms with E-state index in [1.54, 1.807) is 28.3 Å². The zero-order chi connectivity index (χ0) is 24.5. The Hall–Kier alpha value is -3.74. The van der Waals surface area contributed by atoms with E-state index in [4.69, 9.17) is 19.4 Å². The average Bonchev–Trinajstić information content (AvgIpc) is 3.69. The van der Waals surface area contributed by atoms with Gasteiger partial charge in [0.25, 0.3) is 5.91 Å². The first-order valence-electron chi connectivity index (χ1n) is 11.4. The molecule has 1 fully saturated rings. The summed E-state index contributed by atoms with van der Waals surface area (Å²) < 4.78 is 15.5. The number of ether oxygens (including phenoxy) is 2. The van der Waals surface area contributed by atoms with Gasteiger partial charge in [0.05, 0.1) is 47.7 Å². The van der Waals surface area contributed by atoms with Crippen molar-refractivity contribution in [3.05, 3.63) is 64.1 Å². The van der Waals surface area contributed by atoms with Gasteiger partial charge in [0, 0.05) is 36.1 Å². The number of thiophene rings is 2. The molecule has 2 N–H and O–H groups in total. The minimum absolute atomic E-state index is 0.0754. The van der Waals surface area contributed by atoms with Crippen molar-refractivity contribution in [1.29, 1.82) is 0 Å². The molecular weight excluding hydrogens is 498 g/mol. The molecule has 5 aromatic heterocycles. The maximum atomic E-state index is 12.6. The molecule has 0 unspecified atom stereocenters. The summed E-state index contributed by atoms with van der Waals surface area (Å²) in [5, 5.41) is 15.0. The Labute approximate surface area is 214 Å². The maximum Gasteiger partial charge on any atom is 0.252 e. The molecule has 1 amide bonds. The number of nitrogens with one attached hydrogen (secondary N) is 2. The number of hydrogen-bond acceptors (Lipinski definition) is 9. The van der Waals surface area contributed by atoms with Crippen LogP contribution in [-0.4, -0.2) is 49.5 Å². The SMILES string of the molecule is Cn1cc(-n2ccc3nc(Nc4cc(C(=O)NCc5cccs5)cs4)nc(O[C@H]4CCOC4)c32)cn1. The molecule has 0 spiro atoms. The standard InChI is InChI=1S/C24H23N7O3S2/c1-30-12-16(10-26-30)31-6-4-19-21(31)23(34-17-5-7-33-13-17)29-24(27-19)28-20-9-15(14-36-20)22(32)25-11-18-3-2-8-35-18/h2-4,6,8-10,12,14,17H,5,7,11,13H2,1H3,(H,25,32)(H,27,28,29)/t17-/m0/s1. The summed E-state index contributed by atoms with van der Waals surface area (Å²) in [4.78, 5) is 23.1. The lowest BCUT2D eigenvalue weighted by Gasteiger charge is -2.14. The fourth-order valence-corrected chi connectivity index (χ4v) is 5.40. The monoisotopic (exact) mass is 521 g/mol. The predicted octanol–water partition coefficient (Wildman–Crippen LogP) is 4.12. The van der Waals surface area contributed by atoms with Gasteiger partial charge in [-0.3, -0.25) is 9.48 Å². The molecule has 0 radical (unpaired) electrons. The van der Waals surface area contributed by atoms with Crippen LogP contribution in [0, 0.1) is 0 Å². The van der Waals surface area contributed by atoms with Gasteiger partial charge in [0.2, 0.25) is 11.8 Å². The summed E-state index contributed by atoms with van der Waals surface area (Å²) in [5.74, 6) is 0.743. The van der Waals surface area contributed by atoms with E-state index in [2.05, 4.69) is 15.7 Å². The van der Waals surface area contributed by atoms with E-state index >= 15 is 0 Å². The predicted molar refractivity (Wildman–Crippen MR) is 139 cm³/mol. The summed E-state index contributed by atoms with van der Waals surface area (Å²) >= 11 is 3.03. The van der Waals surface area contributed by atoms with Crippen LogP contribution in [0.15, 0.2) is 53.6 Å². The Balaban J connectivity index is 1.26. The molecule has 0 aliphatic carbocycles. The Morgan fingerprint density at radius 1 is 1.31 bits per heavy atom. The smallest absolute Gasteiger partial charge is 0.252 e. The van der Waals surface area contributed by atoms with E-state index in [-0.39, 0.29) is 12.0 Å². The Kier molecular flexibility index (Phi) is 6.13. The van der Waals surface area contributed by atoms with Crippen molar-refractivity contribution in [2.45, 2.75) is 19.1 Å². The Morgan fingerprint density at radius 3 is 3.03 bits per heavy atom. The van der Waals surface area contributed by atoms with Crippen molar-refractivity contribution in [2.75, 3.05) is 18.5 Å². The average molecular weight is 522 g/mol. The molecule has 10 nitrogen and oxygen atoms in total. The van der Waals surface area contributed by atoms with Crippen molar-refractivity contribution in [2.24, 2.45) is 7.05 Å². The normalized spacial score (nSPS) is 15.4. The van der Waals surface area contributed by atoms with Gasteiger partial charge >= 0.3 is 0 Å². The third-order valence-corrected chi connectivity index (χ3v) is 7.46. The molecule has 36 heavy (non-hydrogen) atoms. The Bertz CT molecular complexity index is 1500. The van der Waals surface area contributed by atoms with Crippen LogP contribution >= 0.6 is 22.7 Å². The van der Waals surface area contributed by atoms with Gasteiger partial charge in [-0.05, 0) is 23.6 Å². The summed E-state index contributed by atoms with van der Waals surface area (Å²) in [7, 11) is 1.87. The van der Waals surface area contributed by atoms with E-state index < -0.39 is 0 Å². The van der Waals surface area contributed by atoms with Crippen LogP contribution in [0.25, 0.3) is 16.7 Å². The zero-order valence-electron chi connectivity index (χ0n) is 19.4. The van der Waals surface area contributed by atoms with Gasteiger partial charge in [-0.1, -0.05) is 6.07 Å². The number of aromatic nitrogens is 5. The van der Waals surface area contributed by atoms with Gasteiger partial charge < -0.3 is 24.7 Å². The second-order valence-electron chi connectivity index (χ2n) is 8.33. The second kappa shape index (κ2) is 9.72. The fraction of sp³-hybridized carbons (Fsp3) is 0.250. The minimum atomic E-state index is -0.122. The Morgan fingerprint density at radius 2 is 2.25 bits per heavy atom. The lowest BCUT2D eigenvalue weighted by Crippen LogP contribution is -2.21. The summed E-state index contributed by atoms with van der Waals surface area (Å²) in [6, 6.07) is 7.69. The highest BCUT2D eigenvalue weighted by Crippen LogP contribution is 2.31. The lowest BCUT2D eigenvalue weighted by atomic mass is 10.3. The van der Waals surface area contributed by atoms with Crippen LogP contribution in [-0.2, 0) is 18.3 Å². The topological polar surface area (TPSA) is 108 Å². The quantitative estimate of drug-likeness (QED) is 0.316. The third kappa shape index (κ3) is 4.70. The van der Waals surface area contributed by atoms with Crippen LogP contribution in [0.1, 0.15) is 21.7 Å². The molecule has 1 aliphatic heterocycles. The molecule has 1 aliphatic rings. The molecule has 12 heteroatoms. The first-order valence-corrected chi connectivity index (χ1v) is 13.2. The number of carbonyl (C=O) groups excluding carboxylic acids is 1. The summed E-state index contributed by atoms with van der Waals surface area (Å²) in [6.07, 6.45) is 6.36. The molecule has 1 saturated heterocycles. The molecule has 0 aromatic carbocycles. The van der Waals surface area contributed by atoms with Gasteiger partial charge in [-0.2, -0.15) is 10.1 Å². The van der Waals surface area contributed by atoms with E-state index in [9.17, 15) is 4.79 Å². The number of rotatable bonds is 8. The molecule has 5 aromatic rings. The number of fused-ring (bicyclic) bond motifs is 1. The van der Waals surface area contributed by atoms with Crippen molar-refractivity contribution < 1.29 is 14.3 Å². The molecule has 0 bridgehead atoms. The highest BCUT2D eigenvalue weighted by Gasteiger charge is 2.22. The van der Waals surface area contributed by atoms with Crippen molar-refractivity contribution in [3.8, 4) is 11.6 Å². The summed E-state index contributed by atoms with van der Waals surface area (Å²) in [5.41, 5.74) is 2.97. The van der Waals surface area contributed by atoms with E-state index in [1.807, 2.05) is 53.0 Å². The molecule has 6 heterocycles. The molecule has 184 valence electrons. The van der Waals surface area contributed by atoms with Crippen molar-refractivity contribution in [3.63, 3.8) is 0 Å². The molecule has 1 atom stereocenters. The molecule has 6 rings (SSSR count). The third-order valence-electron chi connectivity index (χ3n) is 5.74. The molecular formula is C24H23N7O3S2. The zero-order valence-corrected chi connectivity index (χ0v) is 21.0. The van der Waals surface area contributed by atoms with Crippen LogP contribution in [0.5, 0.6) is 5.88 Å². The number of hydrogen-bond donors (Lipinski definition) is 2. The highest BCUT2D eigenvalue weighted by atomic mass is 32.1. The van der Waals surface area contributed by atoms with Gasteiger partial charge in [0.15, 0.2) is 0 Å². The van der Waals surface area contributed by atoms with E-state index in [0.717, 1.165) is 33.0 Å². The van der Waals surface area contributed by atoms with Gasteiger partial charge in [-0.15, -0.1) is 22.7 Å².